The molecule has 1 heterocycles. The number of carbonyl (C=O) groups excluding carboxylic acids is 2. The van der Waals surface area contributed by atoms with E-state index in [-0.39, 0.29) is 11.8 Å². The van der Waals surface area contributed by atoms with E-state index in [4.69, 9.17) is 5.73 Å². The van der Waals surface area contributed by atoms with Gasteiger partial charge in [-0.1, -0.05) is 12.1 Å². The van der Waals surface area contributed by atoms with E-state index in [9.17, 15) is 9.59 Å². The lowest BCUT2D eigenvalue weighted by atomic mass is 9.82. The zero-order chi connectivity index (χ0) is 13.7. The SMILES string of the molecule is CC(C)(N)C(C)(C)N1C(=O)c2ccccc2C1=O. The van der Waals surface area contributed by atoms with Crippen molar-refractivity contribution in [3.8, 4) is 0 Å². The number of nitrogens with two attached hydrogens (primary N) is 1. The van der Waals surface area contributed by atoms with E-state index in [1.54, 1.807) is 24.3 Å². The van der Waals surface area contributed by atoms with Crippen molar-refractivity contribution in [3.63, 3.8) is 0 Å². The molecule has 4 heteroatoms. The Kier molecular flexibility index (Phi) is 2.59. The van der Waals surface area contributed by atoms with Crippen LogP contribution in [0.4, 0.5) is 0 Å². The van der Waals surface area contributed by atoms with Crippen molar-refractivity contribution in [1.29, 1.82) is 0 Å². The van der Waals surface area contributed by atoms with Crippen LogP contribution in [0, 0.1) is 0 Å². The van der Waals surface area contributed by atoms with E-state index in [1.165, 1.54) is 4.90 Å². The largest absolute Gasteiger partial charge is 0.324 e. The normalized spacial score (nSPS) is 16.2. The Labute approximate surface area is 107 Å². The highest BCUT2D eigenvalue weighted by atomic mass is 16.2. The average Bonchev–Trinajstić information content (AvgIpc) is 2.51. The van der Waals surface area contributed by atoms with Gasteiger partial charge < -0.3 is 5.73 Å². The van der Waals surface area contributed by atoms with Crippen molar-refractivity contribution < 1.29 is 9.59 Å². The molecule has 1 aliphatic heterocycles. The molecule has 18 heavy (non-hydrogen) atoms. The van der Waals surface area contributed by atoms with Crippen LogP contribution in [0.5, 0.6) is 0 Å². The van der Waals surface area contributed by atoms with Crippen LogP contribution in [0.1, 0.15) is 48.4 Å². The molecule has 0 fully saturated rings. The lowest BCUT2D eigenvalue weighted by Crippen LogP contribution is -2.64. The molecule has 0 aliphatic carbocycles. The summed E-state index contributed by atoms with van der Waals surface area (Å²) in [5.74, 6) is -0.529. The number of benzene rings is 1. The molecule has 2 rings (SSSR count). The maximum absolute atomic E-state index is 12.4. The van der Waals surface area contributed by atoms with E-state index in [2.05, 4.69) is 0 Å². The number of amides is 2. The predicted octanol–water partition coefficient (Wildman–Crippen LogP) is 1.80. The standard InChI is InChI=1S/C14H18N2O2/c1-13(2,15)14(3,4)16-11(17)9-7-5-6-8-10(9)12(16)18/h5-8H,15H2,1-4H3. The Morgan fingerprint density at radius 3 is 1.67 bits per heavy atom. The number of carbonyl (C=O) groups is 2. The Morgan fingerprint density at radius 1 is 0.944 bits per heavy atom. The molecule has 96 valence electrons. The first-order chi connectivity index (χ1) is 8.18. The summed E-state index contributed by atoms with van der Waals surface area (Å²) in [4.78, 5) is 26.0. The topological polar surface area (TPSA) is 63.4 Å². The Balaban J connectivity index is 2.53. The molecule has 0 aromatic heterocycles. The van der Waals surface area contributed by atoms with Gasteiger partial charge in [-0.05, 0) is 39.8 Å². The molecule has 0 spiro atoms. The van der Waals surface area contributed by atoms with Gasteiger partial charge in [0.2, 0.25) is 0 Å². The number of hydrogen-bond donors (Lipinski definition) is 1. The molecule has 0 saturated carbocycles. The maximum Gasteiger partial charge on any atom is 0.262 e. The highest BCUT2D eigenvalue weighted by molar-refractivity contribution is 6.21. The van der Waals surface area contributed by atoms with Gasteiger partial charge in [-0.15, -0.1) is 0 Å². The summed E-state index contributed by atoms with van der Waals surface area (Å²) in [6.45, 7) is 7.26. The summed E-state index contributed by atoms with van der Waals surface area (Å²) in [5.41, 5.74) is 5.59. The van der Waals surface area contributed by atoms with Crippen LogP contribution < -0.4 is 5.73 Å². The summed E-state index contributed by atoms with van der Waals surface area (Å²) >= 11 is 0. The number of rotatable bonds is 2. The van der Waals surface area contributed by atoms with Gasteiger partial charge in [0.05, 0.1) is 16.7 Å². The Hall–Kier alpha value is -1.68. The van der Waals surface area contributed by atoms with Gasteiger partial charge in [0, 0.05) is 5.54 Å². The van der Waals surface area contributed by atoms with E-state index in [0.29, 0.717) is 11.1 Å². The average molecular weight is 246 g/mol. The van der Waals surface area contributed by atoms with Crippen molar-refractivity contribution >= 4 is 11.8 Å². The summed E-state index contributed by atoms with van der Waals surface area (Å²) in [6.07, 6.45) is 0. The minimum atomic E-state index is -0.750. The molecular formula is C14H18N2O2. The van der Waals surface area contributed by atoms with Crippen LogP contribution in [0.2, 0.25) is 0 Å². The predicted molar refractivity (Wildman–Crippen MR) is 69.3 cm³/mol. The van der Waals surface area contributed by atoms with Crippen LogP contribution >= 0.6 is 0 Å². The number of nitrogens with zero attached hydrogens (tertiary/aromatic N) is 1. The minimum Gasteiger partial charge on any atom is -0.324 e. The zero-order valence-electron chi connectivity index (χ0n) is 11.2. The highest BCUT2D eigenvalue weighted by Gasteiger charge is 2.49. The number of imide groups is 1. The van der Waals surface area contributed by atoms with E-state index in [0.717, 1.165) is 0 Å². The summed E-state index contributed by atoms with van der Waals surface area (Å²) in [7, 11) is 0. The quantitative estimate of drug-likeness (QED) is 0.809. The van der Waals surface area contributed by atoms with Crippen LogP contribution in [-0.2, 0) is 0 Å². The molecule has 4 nitrogen and oxygen atoms in total. The third-order valence-electron chi connectivity index (χ3n) is 3.93. The number of hydrogen-bond acceptors (Lipinski definition) is 3. The molecule has 1 aliphatic rings. The molecule has 2 N–H and O–H groups in total. The summed E-state index contributed by atoms with van der Waals surface area (Å²) in [5, 5.41) is 0. The van der Waals surface area contributed by atoms with E-state index in [1.807, 2.05) is 27.7 Å². The molecule has 1 aromatic carbocycles. The van der Waals surface area contributed by atoms with Gasteiger partial charge in [0.25, 0.3) is 11.8 Å². The minimum absolute atomic E-state index is 0.265. The maximum atomic E-state index is 12.4. The third-order valence-corrected chi connectivity index (χ3v) is 3.93. The first-order valence-electron chi connectivity index (χ1n) is 5.95. The molecule has 0 bridgehead atoms. The van der Waals surface area contributed by atoms with Crippen molar-refractivity contribution in [2.75, 3.05) is 0 Å². The molecule has 0 atom stereocenters. The van der Waals surface area contributed by atoms with E-state index >= 15 is 0 Å². The van der Waals surface area contributed by atoms with Gasteiger partial charge in [0.1, 0.15) is 0 Å². The van der Waals surface area contributed by atoms with Gasteiger partial charge in [-0.25, -0.2) is 0 Å². The molecular weight excluding hydrogens is 228 g/mol. The van der Waals surface area contributed by atoms with E-state index < -0.39 is 11.1 Å². The fraction of sp³-hybridized carbons (Fsp3) is 0.429. The van der Waals surface area contributed by atoms with Crippen LogP contribution in [0.15, 0.2) is 24.3 Å². The lowest BCUT2D eigenvalue weighted by molar-refractivity contribution is 0.0349. The second-order valence-electron chi connectivity index (χ2n) is 5.77. The first-order valence-corrected chi connectivity index (χ1v) is 5.95. The van der Waals surface area contributed by atoms with Crippen LogP contribution in [0.25, 0.3) is 0 Å². The molecule has 2 amide bonds. The second-order valence-corrected chi connectivity index (χ2v) is 5.77. The molecule has 0 unspecified atom stereocenters. The third kappa shape index (κ3) is 1.56. The molecule has 0 radical (unpaired) electrons. The van der Waals surface area contributed by atoms with Gasteiger partial charge in [-0.2, -0.15) is 0 Å². The Morgan fingerprint density at radius 2 is 1.33 bits per heavy atom. The van der Waals surface area contributed by atoms with Gasteiger partial charge >= 0.3 is 0 Å². The monoisotopic (exact) mass is 246 g/mol. The van der Waals surface area contributed by atoms with Crippen LogP contribution in [0.3, 0.4) is 0 Å². The van der Waals surface area contributed by atoms with Crippen molar-refractivity contribution in [2.45, 2.75) is 38.8 Å². The molecule has 0 saturated heterocycles. The number of fused-ring (bicyclic) bond motifs is 1. The van der Waals surface area contributed by atoms with Crippen molar-refractivity contribution in [3.05, 3.63) is 35.4 Å². The van der Waals surface area contributed by atoms with Gasteiger partial charge in [-0.3, -0.25) is 14.5 Å². The zero-order valence-corrected chi connectivity index (χ0v) is 11.2. The fourth-order valence-corrected chi connectivity index (χ4v) is 1.99. The Bertz CT molecular complexity index is 492. The van der Waals surface area contributed by atoms with Crippen molar-refractivity contribution in [1.82, 2.24) is 4.90 Å². The highest BCUT2D eigenvalue weighted by Crippen LogP contribution is 2.34. The summed E-state index contributed by atoms with van der Waals surface area (Å²) in [6, 6.07) is 6.87. The van der Waals surface area contributed by atoms with Gasteiger partial charge in [0.15, 0.2) is 0 Å². The smallest absolute Gasteiger partial charge is 0.262 e. The fourth-order valence-electron chi connectivity index (χ4n) is 1.99. The van der Waals surface area contributed by atoms with Crippen molar-refractivity contribution in [2.24, 2.45) is 5.73 Å². The molecule has 1 aromatic rings. The first kappa shape index (κ1) is 12.8. The van der Waals surface area contributed by atoms with Crippen LogP contribution in [-0.4, -0.2) is 27.8 Å². The lowest BCUT2D eigenvalue weighted by Gasteiger charge is -2.44. The second kappa shape index (κ2) is 3.65. The summed E-state index contributed by atoms with van der Waals surface area (Å²) < 4.78 is 0.